The second-order valence-electron chi connectivity index (χ2n) is 7.87. The molecule has 0 atom stereocenters. The minimum atomic E-state index is -0.290. The van der Waals surface area contributed by atoms with Crippen LogP contribution in [-0.2, 0) is 6.54 Å². The maximum Gasteiger partial charge on any atom is 0.192 e. The quantitative estimate of drug-likeness (QED) is 0.315. The van der Waals surface area contributed by atoms with Crippen LogP contribution < -0.4 is 9.47 Å². The van der Waals surface area contributed by atoms with Gasteiger partial charge in [0.15, 0.2) is 10.8 Å². The number of aromatic nitrogens is 3. The third-order valence-corrected chi connectivity index (χ3v) is 6.74. The van der Waals surface area contributed by atoms with Crippen molar-refractivity contribution in [1.82, 2.24) is 14.5 Å². The van der Waals surface area contributed by atoms with Gasteiger partial charge in [-0.25, -0.2) is 4.98 Å². The van der Waals surface area contributed by atoms with Gasteiger partial charge < -0.3 is 14.0 Å². The second-order valence-corrected chi connectivity index (χ2v) is 8.93. The summed E-state index contributed by atoms with van der Waals surface area (Å²) < 4.78 is 13.2. The first-order chi connectivity index (χ1) is 15.5. The van der Waals surface area contributed by atoms with Crippen molar-refractivity contribution in [3.63, 3.8) is 0 Å². The number of thioether (sulfide) groups is 1. The van der Waals surface area contributed by atoms with Gasteiger partial charge in [0.2, 0.25) is 0 Å². The minimum Gasteiger partial charge on any atom is -0.497 e. The van der Waals surface area contributed by atoms with Crippen LogP contribution in [-0.4, -0.2) is 40.2 Å². The number of hydrogen-bond acceptors (Lipinski definition) is 7. The van der Waals surface area contributed by atoms with Gasteiger partial charge in [-0.15, -0.1) is 12.3 Å². The molecule has 2 aromatic heterocycles. The summed E-state index contributed by atoms with van der Waals surface area (Å²) in [6.07, 6.45) is 9.62. The van der Waals surface area contributed by atoms with Crippen molar-refractivity contribution in [2.75, 3.05) is 20.0 Å². The van der Waals surface area contributed by atoms with Gasteiger partial charge in [-0.2, -0.15) is 10.2 Å². The van der Waals surface area contributed by atoms with E-state index in [4.69, 9.17) is 25.9 Å². The average Bonchev–Trinajstić information content (AvgIpc) is 3.49. The van der Waals surface area contributed by atoms with E-state index in [9.17, 15) is 0 Å². The highest BCUT2D eigenvalue weighted by atomic mass is 32.2. The summed E-state index contributed by atoms with van der Waals surface area (Å²) in [4.78, 5) is 9.60. The Bertz CT molecular complexity index is 1210. The van der Waals surface area contributed by atoms with E-state index >= 15 is 0 Å². The summed E-state index contributed by atoms with van der Waals surface area (Å²) in [6, 6.07) is 5.97. The number of imidazole rings is 1. The Morgan fingerprint density at radius 3 is 2.66 bits per heavy atom. The standard InChI is InChI=1S/C24H27N5O2S/c1-6-7-10-24(27-28-24)11-12-32-23-26-19-13-18(30-4)8-9-21(19)29(23)15-20-17(3)22(31-5)16(2)14-25-20/h1,8-9,13-14H,7,10-12,15H2,2-5H3. The molecule has 3 aromatic rings. The summed E-state index contributed by atoms with van der Waals surface area (Å²) in [5.41, 5.74) is 4.67. The molecule has 32 heavy (non-hydrogen) atoms. The molecule has 7 nitrogen and oxygen atoms in total. The lowest BCUT2D eigenvalue weighted by molar-refractivity contribution is 0.406. The molecule has 3 heterocycles. The van der Waals surface area contributed by atoms with E-state index in [-0.39, 0.29) is 5.66 Å². The van der Waals surface area contributed by atoms with Gasteiger partial charge in [0, 0.05) is 48.4 Å². The molecule has 0 saturated carbocycles. The Labute approximate surface area is 192 Å². The molecule has 0 fully saturated rings. The SMILES string of the molecule is C#CCCC1(CCSc2nc3cc(OC)ccc3n2Cc2ncc(C)c(OC)c2C)N=N1. The summed E-state index contributed by atoms with van der Waals surface area (Å²) in [6.45, 7) is 4.66. The third-order valence-electron chi connectivity index (χ3n) is 5.76. The maximum atomic E-state index is 5.60. The summed E-state index contributed by atoms with van der Waals surface area (Å²) in [5, 5.41) is 9.42. The van der Waals surface area contributed by atoms with Crippen molar-refractivity contribution in [2.45, 2.75) is 50.5 Å². The van der Waals surface area contributed by atoms with Crippen LogP contribution in [0.1, 0.15) is 36.1 Å². The topological polar surface area (TPSA) is 73.9 Å². The number of ether oxygens (including phenoxy) is 2. The zero-order valence-electron chi connectivity index (χ0n) is 18.9. The maximum absolute atomic E-state index is 5.60. The fourth-order valence-electron chi connectivity index (χ4n) is 3.83. The molecule has 0 aliphatic carbocycles. The minimum absolute atomic E-state index is 0.290. The highest BCUT2D eigenvalue weighted by molar-refractivity contribution is 7.99. The van der Waals surface area contributed by atoms with Gasteiger partial charge in [-0.05, 0) is 26.0 Å². The van der Waals surface area contributed by atoms with E-state index < -0.39 is 0 Å². The van der Waals surface area contributed by atoms with Crippen molar-refractivity contribution < 1.29 is 9.47 Å². The zero-order valence-corrected chi connectivity index (χ0v) is 19.7. The fraction of sp³-hybridized carbons (Fsp3) is 0.417. The van der Waals surface area contributed by atoms with Gasteiger partial charge in [-0.1, -0.05) is 11.8 Å². The highest BCUT2D eigenvalue weighted by Gasteiger charge is 2.38. The van der Waals surface area contributed by atoms with Gasteiger partial charge in [0.05, 0.1) is 37.5 Å². The van der Waals surface area contributed by atoms with Crippen LogP contribution in [0.4, 0.5) is 0 Å². The van der Waals surface area contributed by atoms with Crippen molar-refractivity contribution in [3.05, 3.63) is 41.2 Å². The van der Waals surface area contributed by atoms with Gasteiger partial charge in [0.25, 0.3) is 0 Å². The number of pyridine rings is 1. The van der Waals surface area contributed by atoms with Crippen molar-refractivity contribution in [2.24, 2.45) is 10.2 Å². The molecule has 0 amide bonds. The summed E-state index contributed by atoms with van der Waals surface area (Å²) >= 11 is 1.71. The Balaban J connectivity index is 1.62. The van der Waals surface area contributed by atoms with Gasteiger partial charge in [-0.3, -0.25) is 4.98 Å². The van der Waals surface area contributed by atoms with E-state index in [1.54, 1.807) is 26.0 Å². The monoisotopic (exact) mass is 449 g/mol. The van der Waals surface area contributed by atoms with Crippen molar-refractivity contribution in [3.8, 4) is 23.8 Å². The number of hydrogen-bond donors (Lipinski definition) is 0. The Hall–Kier alpha value is -3.05. The molecule has 166 valence electrons. The number of nitrogens with zero attached hydrogens (tertiary/aromatic N) is 5. The Morgan fingerprint density at radius 2 is 1.97 bits per heavy atom. The van der Waals surface area contributed by atoms with Crippen LogP contribution in [0.2, 0.25) is 0 Å². The number of aryl methyl sites for hydroxylation is 1. The smallest absolute Gasteiger partial charge is 0.192 e. The van der Waals surface area contributed by atoms with Crippen LogP contribution in [0.25, 0.3) is 11.0 Å². The van der Waals surface area contributed by atoms with E-state index in [1.165, 1.54) is 0 Å². The number of rotatable bonds is 10. The lowest BCUT2D eigenvalue weighted by Crippen LogP contribution is -2.12. The van der Waals surface area contributed by atoms with E-state index in [0.29, 0.717) is 13.0 Å². The van der Waals surface area contributed by atoms with Gasteiger partial charge >= 0.3 is 0 Å². The number of terminal acetylenes is 1. The predicted molar refractivity (Wildman–Crippen MR) is 127 cm³/mol. The first-order valence-corrected chi connectivity index (χ1v) is 11.5. The van der Waals surface area contributed by atoms with E-state index in [2.05, 4.69) is 27.6 Å². The first-order valence-electron chi connectivity index (χ1n) is 10.5. The molecule has 1 aliphatic heterocycles. The molecule has 8 heteroatoms. The number of fused-ring (bicyclic) bond motifs is 1. The molecule has 0 radical (unpaired) electrons. The average molecular weight is 450 g/mol. The Morgan fingerprint density at radius 1 is 1.16 bits per heavy atom. The van der Waals surface area contributed by atoms with E-state index in [1.807, 2.05) is 31.3 Å². The van der Waals surface area contributed by atoms with Crippen LogP contribution in [0.5, 0.6) is 11.5 Å². The van der Waals surface area contributed by atoms with Crippen LogP contribution >= 0.6 is 11.8 Å². The van der Waals surface area contributed by atoms with Crippen molar-refractivity contribution >= 4 is 22.8 Å². The highest BCUT2D eigenvalue weighted by Crippen LogP contribution is 2.39. The molecular weight excluding hydrogens is 422 g/mol. The summed E-state index contributed by atoms with van der Waals surface area (Å²) in [5.74, 6) is 5.20. The third kappa shape index (κ3) is 4.44. The zero-order chi connectivity index (χ0) is 22.7. The lowest BCUT2D eigenvalue weighted by atomic mass is 10.1. The molecule has 0 N–H and O–H groups in total. The van der Waals surface area contributed by atoms with Gasteiger partial charge in [0.1, 0.15) is 11.5 Å². The number of benzene rings is 1. The largest absolute Gasteiger partial charge is 0.497 e. The molecule has 1 aromatic carbocycles. The molecule has 1 aliphatic rings. The molecule has 0 saturated heterocycles. The normalized spacial score (nSPS) is 13.8. The lowest BCUT2D eigenvalue weighted by Gasteiger charge is -2.15. The van der Waals surface area contributed by atoms with Crippen molar-refractivity contribution in [1.29, 1.82) is 0 Å². The molecule has 0 spiro atoms. The molecule has 0 bridgehead atoms. The molecule has 0 unspecified atom stereocenters. The predicted octanol–water partition coefficient (Wildman–Crippen LogP) is 5.17. The Kier molecular flexibility index (Phi) is 6.38. The van der Waals surface area contributed by atoms with Crippen LogP contribution in [0, 0.1) is 26.2 Å². The van der Waals surface area contributed by atoms with Crippen LogP contribution in [0.3, 0.4) is 0 Å². The first kappa shape index (κ1) is 22.2. The molecular formula is C24H27N5O2S. The van der Waals surface area contributed by atoms with Crippen LogP contribution in [0.15, 0.2) is 39.8 Å². The fourth-order valence-corrected chi connectivity index (χ4v) is 4.92. The molecule has 4 rings (SSSR count). The van der Waals surface area contributed by atoms with E-state index in [0.717, 1.165) is 63.1 Å². The second kappa shape index (κ2) is 9.21. The number of methoxy groups -OCH3 is 2. The summed E-state index contributed by atoms with van der Waals surface area (Å²) in [7, 11) is 3.36.